The summed E-state index contributed by atoms with van der Waals surface area (Å²) in [7, 11) is 0. The number of hydrogen-bond donors (Lipinski definition) is 2. The molecule has 7 heteroatoms. The number of piperazine rings is 1. The van der Waals surface area contributed by atoms with Crippen LogP contribution in [-0.4, -0.2) is 37.0 Å². The zero-order valence-electron chi connectivity index (χ0n) is 16.0. The summed E-state index contributed by atoms with van der Waals surface area (Å²) >= 11 is 0. The minimum Gasteiger partial charge on any atom is -0.322 e. The fourth-order valence-electron chi connectivity index (χ4n) is 3.23. The molecule has 1 aliphatic rings. The van der Waals surface area contributed by atoms with Gasteiger partial charge in [0.15, 0.2) is 0 Å². The number of carbonyl (C=O) groups is 1. The van der Waals surface area contributed by atoms with E-state index in [1.807, 2.05) is 19.9 Å². The Kier molecular flexibility index (Phi) is 6.05. The number of benzene rings is 2. The number of hydrogen-bond acceptors (Lipinski definition) is 3. The second kappa shape index (κ2) is 8.32. The average molecular weight is 391 g/mol. The second-order valence-corrected chi connectivity index (χ2v) is 7.20. The van der Waals surface area contributed by atoms with Gasteiger partial charge in [0.25, 0.3) is 5.91 Å². The number of nitrogens with zero attached hydrogens (tertiary/aromatic N) is 1. The van der Waals surface area contributed by atoms with Gasteiger partial charge in [-0.05, 0) is 60.9 Å². The molecule has 1 aliphatic heterocycles. The maximum absolute atomic E-state index is 13.3. The van der Waals surface area contributed by atoms with Crippen molar-refractivity contribution in [1.29, 1.82) is 0 Å². The predicted molar refractivity (Wildman–Crippen MR) is 103 cm³/mol. The minimum atomic E-state index is -4.47. The molecule has 150 valence electrons. The third-order valence-electron chi connectivity index (χ3n) is 4.96. The van der Waals surface area contributed by atoms with E-state index in [0.29, 0.717) is 17.7 Å². The zero-order valence-corrected chi connectivity index (χ0v) is 16.0. The van der Waals surface area contributed by atoms with Gasteiger partial charge in [-0.25, -0.2) is 0 Å². The molecule has 1 heterocycles. The summed E-state index contributed by atoms with van der Waals surface area (Å²) in [6.07, 6.45) is -4.47. The van der Waals surface area contributed by atoms with Crippen molar-refractivity contribution >= 4 is 11.6 Å². The van der Waals surface area contributed by atoms with Crippen LogP contribution in [0.3, 0.4) is 0 Å². The van der Waals surface area contributed by atoms with Crippen molar-refractivity contribution in [2.24, 2.45) is 0 Å². The van der Waals surface area contributed by atoms with Gasteiger partial charge in [-0.3, -0.25) is 9.69 Å². The molecule has 1 fully saturated rings. The number of rotatable bonds is 4. The molecule has 0 aromatic heterocycles. The number of nitrogens with one attached hydrogen (secondary N) is 2. The third-order valence-corrected chi connectivity index (χ3v) is 4.96. The monoisotopic (exact) mass is 391 g/mol. The Morgan fingerprint density at radius 1 is 1.07 bits per heavy atom. The first-order valence-corrected chi connectivity index (χ1v) is 9.25. The van der Waals surface area contributed by atoms with Gasteiger partial charge in [0, 0.05) is 44.0 Å². The van der Waals surface area contributed by atoms with Crippen molar-refractivity contribution < 1.29 is 18.0 Å². The first-order chi connectivity index (χ1) is 13.2. The number of aryl methyl sites for hydroxylation is 2. The van der Waals surface area contributed by atoms with Crippen LogP contribution in [0.15, 0.2) is 36.4 Å². The molecule has 2 aromatic carbocycles. The summed E-state index contributed by atoms with van der Waals surface area (Å²) in [4.78, 5) is 14.6. The molecule has 3 rings (SSSR count). The molecule has 1 saturated heterocycles. The number of halogens is 3. The van der Waals surface area contributed by atoms with Gasteiger partial charge in [0.05, 0.1) is 5.56 Å². The maximum atomic E-state index is 13.3. The molecular weight excluding hydrogens is 367 g/mol. The number of alkyl halides is 3. The molecule has 0 unspecified atom stereocenters. The normalized spacial score (nSPS) is 15.5. The summed E-state index contributed by atoms with van der Waals surface area (Å²) in [6, 6.07) is 9.00. The fraction of sp³-hybridized carbons (Fsp3) is 0.381. The first-order valence-electron chi connectivity index (χ1n) is 9.25. The molecule has 0 radical (unpaired) electrons. The maximum Gasteiger partial charge on any atom is 0.416 e. The Bertz CT molecular complexity index is 858. The summed E-state index contributed by atoms with van der Waals surface area (Å²) in [5.74, 6) is -0.421. The highest BCUT2D eigenvalue weighted by molar-refractivity contribution is 6.04. The quantitative estimate of drug-likeness (QED) is 0.829. The van der Waals surface area contributed by atoms with E-state index in [9.17, 15) is 18.0 Å². The van der Waals surface area contributed by atoms with Gasteiger partial charge in [-0.1, -0.05) is 6.07 Å². The predicted octanol–water partition coefficient (Wildman–Crippen LogP) is 3.98. The molecule has 2 aromatic rings. The lowest BCUT2D eigenvalue weighted by Gasteiger charge is -2.27. The number of carbonyl (C=O) groups excluding carboxylic acids is 1. The highest BCUT2D eigenvalue weighted by Crippen LogP contribution is 2.32. The topological polar surface area (TPSA) is 44.4 Å². The highest BCUT2D eigenvalue weighted by atomic mass is 19.4. The van der Waals surface area contributed by atoms with E-state index < -0.39 is 17.6 Å². The van der Waals surface area contributed by atoms with Gasteiger partial charge < -0.3 is 10.6 Å². The summed E-state index contributed by atoms with van der Waals surface area (Å²) in [6.45, 7) is 7.43. The lowest BCUT2D eigenvalue weighted by molar-refractivity contribution is -0.137. The van der Waals surface area contributed by atoms with Crippen LogP contribution >= 0.6 is 0 Å². The molecule has 0 spiro atoms. The smallest absolute Gasteiger partial charge is 0.322 e. The summed E-state index contributed by atoms with van der Waals surface area (Å²) in [5, 5.41) is 5.85. The molecule has 28 heavy (non-hydrogen) atoms. The summed E-state index contributed by atoms with van der Waals surface area (Å²) in [5.41, 5.74) is 2.36. The van der Waals surface area contributed by atoms with Crippen LogP contribution in [0.25, 0.3) is 0 Å². The van der Waals surface area contributed by atoms with Crippen molar-refractivity contribution in [1.82, 2.24) is 10.2 Å². The minimum absolute atomic E-state index is 0.156. The lowest BCUT2D eigenvalue weighted by Crippen LogP contribution is -2.42. The standard InChI is InChI=1S/C21H24F3N3O/c1-14-3-4-17(9-15(14)2)20(28)26-19-11-16(10-18(12-19)21(22,23)24)13-27-7-5-25-6-8-27/h3-4,9-12,25H,5-8,13H2,1-2H3,(H,26,28). The van der Waals surface area contributed by atoms with Crippen molar-refractivity contribution in [2.45, 2.75) is 26.6 Å². The largest absolute Gasteiger partial charge is 0.416 e. The van der Waals surface area contributed by atoms with E-state index in [2.05, 4.69) is 15.5 Å². The van der Waals surface area contributed by atoms with Crippen LogP contribution in [0.4, 0.5) is 18.9 Å². The van der Waals surface area contributed by atoms with E-state index in [0.717, 1.165) is 49.4 Å². The summed E-state index contributed by atoms with van der Waals surface area (Å²) < 4.78 is 40.0. The van der Waals surface area contributed by atoms with Gasteiger partial charge in [0.1, 0.15) is 0 Å². The molecule has 1 amide bonds. The van der Waals surface area contributed by atoms with E-state index >= 15 is 0 Å². The molecule has 0 bridgehead atoms. The van der Waals surface area contributed by atoms with E-state index in [1.165, 1.54) is 0 Å². The van der Waals surface area contributed by atoms with Gasteiger partial charge >= 0.3 is 6.18 Å². The Labute approximate surface area is 162 Å². The van der Waals surface area contributed by atoms with E-state index in [-0.39, 0.29) is 5.69 Å². The Balaban J connectivity index is 1.84. The third kappa shape index (κ3) is 5.11. The second-order valence-electron chi connectivity index (χ2n) is 7.20. The van der Waals surface area contributed by atoms with Crippen LogP contribution in [0.1, 0.15) is 32.6 Å². The highest BCUT2D eigenvalue weighted by Gasteiger charge is 2.31. The van der Waals surface area contributed by atoms with Gasteiger partial charge in [-0.15, -0.1) is 0 Å². The van der Waals surface area contributed by atoms with Crippen LogP contribution < -0.4 is 10.6 Å². The Morgan fingerprint density at radius 2 is 1.79 bits per heavy atom. The lowest BCUT2D eigenvalue weighted by atomic mass is 10.0. The molecule has 2 N–H and O–H groups in total. The first kappa shape index (κ1) is 20.4. The van der Waals surface area contributed by atoms with Crippen LogP contribution in [0.5, 0.6) is 0 Å². The van der Waals surface area contributed by atoms with Crippen molar-refractivity contribution in [2.75, 3.05) is 31.5 Å². The molecule has 0 aliphatic carbocycles. The van der Waals surface area contributed by atoms with Crippen molar-refractivity contribution in [3.8, 4) is 0 Å². The van der Waals surface area contributed by atoms with Gasteiger partial charge in [-0.2, -0.15) is 13.2 Å². The number of anilines is 1. The number of amides is 1. The Hall–Kier alpha value is -2.38. The zero-order chi connectivity index (χ0) is 20.3. The van der Waals surface area contributed by atoms with Crippen LogP contribution in [0.2, 0.25) is 0 Å². The fourth-order valence-corrected chi connectivity index (χ4v) is 3.23. The average Bonchev–Trinajstić information content (AvgIpc) is 2.64. The van der Waals surface area contributed by atoms with Crippen LogP contribution in [0, 0.1) is 13.8 Å². The molecule has 0 saturated carbocycles. The Morgan fingerprint density at radius 3 is 2.43 bits per heavy atom. The SMILES string of the molecule is Cc1ccc(C(=O)Nc2cc(CN3CCNCC3)cc(C(F)(F)F)c2)cc1C. The van der Waals surface area contributed by atoms with Crippen molar-refractivity contribution in [3.63, 3.8) is 0 Å². The van der Waals surface area contributed by atoms with E-state index in [4.69, 9.17) is 0 Å². The van der Waals surface area contributed by atoms with E-state index in [1.54, 1.807) is 18.2 Å². The van der Waals surface area contributed by atoms with Crippen molar-refractivity contribution in [3.05, 3.63) is 64.2 Å². The molecule has 4 nitrogen and oxygen atoms in total. The molecule has 0 atom stereocenters. The molecular formula is C21H24F3N3O. The van der Waals surface area contributed by atoms with Crippen LogP contribution in [-0.2, 0) is 12.7 Å². The van der Waals surface area contributed by atoms with Gasteiger partial charge in [0.2, 0.25) is 0 Å².